The summed E-state index contributed by atoms with van der Waals surface area (Å²) in [6.07, 6.45) is 6.10. The van der Waals surface area contributed by atoms with Crippen LogP contribution in [0.25, 0.3) is 16.5 Å². The monoisotopic (exact) mass is 495 g/mol. The lowest BCUT2D eigenvalue weighted by Gasteiger charge is -2.22. The summed E-state index contributed by atoms with van der Waals surface area (Å²) < 4.78 is 4.57. The maximum Gasteiger partial charge on any atom is 0.209 e. The first-order chi connectivity index (χ1) is 17.6. The number of aliphatic hydroxyl groups excluding tert-OH is 1. The molecule has 0 spiro atoms. The van der Waals surface area contributed by atoms with Gasteiger partial charge in [0.05, 0.1) is 16.6 Å². The van der Waals surface area contributed by atoms with Crippen molar-refractivity contribution in [3.8, 4) is 0 Å². The molecule has 0 unspecified atom stereocenters. The van der Waals surface area contributed by atoms with Crippen molar-refractivity contribution < 1.29 is 14.5 Å². The molecule has 4 nitrogen and oxygen atoms in total. The van der Waals surface area contributed by atoms with Crippen molar-refractivity contribution in [1.29, 1.82) is 0 Å². The number of allylic oxidation sites excluding steroid dienone is 3. The second kappa shape index (κ2) is 9.48. The van der Waals surface area contributed by atoms with Gasteiger partial charge in [-0.05, 0) is 38.2 Å². The van der Waals surface area contributed by atoms with Crippen molar-refractivity contribution in [1.82, 2.24) is 4.57 Å². The lowest BCUT2D eigenvalue weighted by molar-refractivity contribution is -0.439. The zero-order chi connectivity index (χ0) is 26.5. The van der Waals surface area contributed by atoms with E-state index in [2.05, 4.69) is 81.0 Å². The zero-order valence-corrected chi connectivity index (χ0v) is 23.0. The van der Waals surface area contributed by atoms with Crippen molar-refractivity contribution in [2.45, 2.75) is 66.3 Å². The fourth-order valence-corrected chi connectivity index (χ4v) is 5.70. The molecule has 192 valence electrons. The van der Waals surface area contributed by atoms with Gasteiger partial charge in [0.15, 0.2) is 5.71 Å². The number of hydrogen-bond donors (Lipinski definition) is 1. The van der Waals surface area contributed by atoms with Crippen molar-refractivity contribution in [3.63, 3.8) is 0 Å². The molecule has 1 aliphatic heterocycles. The molecule has 0 saturated carbocycles. The Morgan fingerprint density at radius 2 is 1.65 bits per heavy atom. The van der Waals surface area contributed by atoms with Gasteiger partial charge in [-0.1, -0.05) is 64.1 Å². The summed E-state index contributed by atoms with van der Waals surface area (Å²) in [6, 6.07) is 16.7. The van der Waals surface area contributed by atoms with E-state index in [0.29, 0.717) is 23.0 Å². The number of benzene rings is 2. The highest BCUT2D eigenvalue weighted by Crippen LogP contribution is 2.44. The molecule has 2 aromatic carbocycles. The Hall–Kier alpha value is -3.40. The predicted molar refractivity (Wildman–Crippen MR) is 153 cm³/mol. The van der Waals surface area contributed by atoms with Gasteiger partial charge in [-0.25, -0.2) is 0 Å². The first kappa shape index (κ1) is 25.3. The highest BCUT2D eigenvalue weighted by molar-refractivity contribution is 6.41. The number of nitrogens with zero attached hydrogens (tertiary/aromatic N) is 2. The van der Waals surface area contributed by atoms with Gasteiger partial charge < -0.3 is 9.67 Å². The van der Waals surface area contributed by atoms with E-state index >= 15 is 0 Å². The van der Waals surface area contributed by atoms with E-state index in [1.807, 2.05) is 30.5 Å². The lowest BCUT2D eigenvalue weighted by Crippen LogP contribution is -2.31. The predicted octanol–water partition coefficient (Wildman–Crippen LogP) is 7.59. The summed E-state index contributed by atoms with van der Waals surface area (Å²) in [7, 11) is 0. The maximum atomic E-state index is 13.6. The van der Waals surface area contributed by atoms with Crippen LogP contribution in [0.5, 0.6) is 0 Å². The van der Waals surface area contributed by atoms with Gasteiger partial charge in [0.2, 0.25) is 11.5 Å². The van der Waals surface area contributed by atoms with Gasteiger partial charge in [0, 0.05) is 53.3 Å². The Morgan fingerprint density at radius 3 is 2.35 bits per heavy atom. The number of fused-ring (bicyclic) bond motifs is 2. The number of rotatable bonds is 8. The van der Waals surface area contributed by atoms with Crippen LogP contribution < -0.4 is 0 Å². The van der Waals surface area contributed by atoms with Gasteiger partial charge in [-0.2, -0.15) is 4.58 Å². The molecule has 5 rings (SSSR count). The number of hydrogen-bond acceptors (Lipinski definition) is 2. The van der Waals surface area contributed by atoms with E-state index in [9.17, 15) is 9.90 Å². The van der Waals surface area contributed by atoms with Crippen molar-refractivity contribution in [2.75, 3.05) is 6.54 Å². The minimum atomic E-state index is -0.260. The third-order valence-corrected chi connectivity index (χ3v) is 7.98. The molecule has 1 N–H and O–H groups in total. The van der Waals surface area contributed by atoms with Gasteiger partial charge in [-0.15, -0.1) is 0 Å². The molecule has 3 aromatic rings. The molecule has 1 aromatic heterocycles. The smallest absolute Gasteiger partial charge is 0.209 e. The minimum Gasteiger partial charge on any atom is -0.506 e. The summed E-state index contributed by atoms with van der Waals surface area (Å²) in [4.78, 5) is 13.6. The van der Waals surface area contributed by atoms with Crippen LogP contribution >= 0.6 is 0 Å². The molecule has 2 heterocycles. The normalized spacial score (nSPS) is 18.1. The number of carbonyl (C=O) groups excluding carboxylic acids is 1. The fraction of sp³-hybridized carbons (Fsp3) is 0.394. The molecule has 0 fully saturated rings. The third-order valence-electron chi connectivity index (χ3n) is 7.98. The number of carbonyl (C=O) groups is 1. The molecular weight excluding hydrogens is 456 g/mol. The number of Topliss-reactive ketones (excluding diaryl/α,β-unsaturated/α-hetero) is 1. The van der Waals surface area contributed by atoms with Crippen LogP contribution in [0, 0.1) is 11.8 Å². The molecule has 0 saturated heterocycles. The average molecular weight is 496 g/mol. The van der Waals surface area contributed by atoms with Gasteiger partial charge in [-0.3, -0.25) is 4.79 Å². The first-order valence-electron chi connectivity index (χ1n) is 13.6. The number of aliphatic hydroxyl groups is 1. The van der Waals surface area contributed by atoms with Crippen molar-refractivity contribution in [3.05, 3.63) is 83.3 Å². The van der Waals surface area contributed by atoms with Crippen LogP contribution in [0.3, 0.4) is 0 Å². The number of aryl methyl sites for hydroxylation is 1. The number of aromatic nitrogens is 1. The lowest BCUT2D eigenvalue weighted by atomic mass is 9.77. The largest absolute Gasteiger partial charge is 0.506 e. The summed E-state index contributed by atoms with van der Waals surface area (Å²) in [6.45, 7) is 15.1. The summed E-state index contributed by atoms with van der Waals surface area (Å²) in [5.74, 6) is 1.20. The second-order valence-corrected chi connectivity index (χ2v) is 11.9. The Labute approximate surface area is 220 Å². The standard InChI is InChI=1S/C33H38N2O2/c1-21(2)15-17-34-20-25(23-11-7-9-13-27(23)34)30-31(36)24(32(30)37)19-29-33(5,6)26-12-8-10-14-28(26)35(29)18-16-22(3)4/h7-14,19-22H,15-18H2,1-6H3/p+1. The van der Waals surface area contributed by atoms with E-state index in [0.717, 1.165) is 48.1 Å². The molecule has 2 aliphatic rings. The highest BCUT2D eigenvalue weighted by atomic mass is 16.3. The second-order valence-electron chi connectivity index (χ2n) is 11.9. The molecule has 0 radical (unpaired) electrons. The van der Waals surface area contributed by atoms with Gasteiger partial charge >= 0.3 is 0 Å². The molecule has 0 amide bonds. The highest BCUT2D eigenvalue weighted by Gasteiger charge is 2.46. The molecule has 1 aliphatic carbocycles. The van der Waals surface area contributed by atoms with Crippen LogP contribution in [0.2, 0.25) is 0 Å². The zero-order valence-electron chi connectivity index (χ0n) is 23.0. The molecule has 0 atom stereocenters. The molecule has 0 bridgehead atoms. The fourth-order valence-electron chi connectivity index (χ4n) is 5.70. The Morgan fingerprint density at radius 1 is 0.973 bits per heavy atom. The summed E-state index contributed by atoms with van der Waals surface area (Å²) in [5.41, 5.74) is 6.05. The molecular formula is C33H39N2O2+. The number of ketones is 1. The third kappa shape index (κ3) is 4.27. The maximum absolute atomic E-state index is 13.6. The average Bonchev–Trinajstić information content (AvgIpc) is 3.32. The van der Waals surface area contributed by atoms with Crippen molar-refractivity contribution in [2.24, 2.45) is 11.8 Å². The first-order valence-corrected chi connectivity index (χ1v) is 13.6. The SMILES string of the molecule is CC(C)CCn1cc(C2=C(O)/C(=C/C3=[N+](CCC(C)C)c4ccccc4C3(C)C)C2=O)c2ccccc21. The van der Waals surface area contributed by atoms with E-state index < -0.39 is 0 Å². The van der Waals surface area contributed by atoms with Crippen LogP contribution in [0.1, 0.15) is 65.5 Å². The van der Waals surface area contributed by atoms with Crippen molar-refractivity contribution >= 4 is 33.7 Å². The number of para-hydroxylation sites is 2. The van der Waals surface area contributed by atoms with E-state index in [4.69, 9.17) is 0 Å². The van der Waals surface area contributed by atoms with E-state index in [1.165, 1.54) is 11.3 Å². The van der Waals surface area contributed by atoms with Gasteiger partial charge in [0.25, 0.3) is 0 Å². The topological polar surface area (TPSA) is 45.2 Å². The molecule has 4 heteroatoms. The van der Waals surface area contributed by atoms with E-state index in [-0.39, 0.29) is 17.0 Å². The quantitative estimate of drug-likeness (QED) is 0.258. The van der Waals surface area contributed by atoms with Crippen LogP contribution in [0.15, 0.2) is 72.1 Å². The van der Waals surface area contributed by atoms with Crippen LogP contribution in [-0.2, 0) is 16.8 Å². The van der Waals surface area contributed by atoms with E-state index in [1.54, 1.807) is 0 Å². The Bertz CT molecular complexity index is 1480. The minimum absolute atomic E-state index is 0.0765. The summed E-state index contributed by atoms with van der Waals surface area (Å²) in [5, 5.41) is 12.3. The van der Waals surface area contributed by atoms with Crippen LogP contribution in [-0.4, -0.2) is 32.3 Å². The molecule has 37 heavy (non-hydrogen) atoms. The van der Waals surface area contributed by atoms with Gasteiger partial charge in [0.1, 0.15) is 12.3 Å². The summed E-state index contributed by atoms with van der Waals surface area (Å²) >= 11 is 0. The Balaban J connectivity index is 1.59. The Kier molecular flexibility index (Phi) is 6.47. The van der Waals surface area contributed by atoms with Crippen LogP contribution in [0.4, 0.5) is 5.69 Å².